The minimum absolute atomic E-state index is 0.0334. The van der Waals surface area contributed by atoms with Gasteiger partial charge in [-0.15, -0.1) is 0 Å². The van der Waals surface area contributed by atoms with Crippen LogP contribution in [0.25, 0.3) is 6.08 Å². The lowest BCUT2D eigenvalue weighted by Gasteiger charge is -2.12. The van der Waals surface area contributed by atoms with E-state index in [9.17, 15) is 14.9 Å². The Kier molecular flexibility index (Phi) is 7.37. The van der Waals surface area contributed by atoms with Crippen LogP contribution in [0.5, 0.6) is 5.75 Å². The van der Waals surface area contributed by atoms with Crippen molar-refractivity contribution in [3.8, 4) is 5.75 Å². The molecule has 3 aromatic carbocycles. The Morgan fingerprint density at radius 1 is 1.06 bits per heavy atom. The molecule has 0 fully saturated rings. The molecule has 172 valence electrons. The smallest absolute Gasteiger partial charge is 0.363 e. The van der Waals surface area contributed by atoms with E-state index in [0.29, 0.717) is 25.3 Å². The van der Waals surface area contributed by atoms with Crippen molar-refractivity contribution < 1.29 is 19.2 Å². The average Bonchev–Trinajstić information content (AvgIpc) is 3.14. The van der Waals surface area contributed by atoms with Crippen molar-refractivity contribution in [3.63, 3.8) is 0 Å². The molecule has 0 N–H and O–H groups in total. The highest BCUT2D eigenvalue weighted by Gasteiger charge is 2.26. The van der Waals surface area contributed by atoms with Crippen LogP contribution in [0, 0.1) is 10.1 Å². The Labute approximate surface area is 220 Å². The number of non-ortho nitro benzene ring substituents is 1. The van der Waals surface area contributed by atoms with Gasteiger partial charge in [-0.1, -0.05) is 41.4 Å². The molecule has 34 heavy (non-hydrogen) atoms. The summed E-state index contributed by atoms with van der Waals surface area (Å²) in [5, 5.41) is 11.6. The Morgan fingerprint density at radius 2 is 1.76 bits per heavy atom. The first-order valence-electron chi connectivity index (χ1n) is 9.55. The van der Waals surface area contributed by atoms with Gasteiger partial charge in [-0.3, -0.25) is 10.1 Å². The molecule has 3 aromatic rings. The number of benzene rings is 3. The molecular formula is C23H12Br2Cl2N2O5. The van der Waals surface area contributed by atoms with E-state index in [1.807, 2.05) is 18.2 Å². The summed E-state index contributed by atoms with van der Waals surface area (Å²) in [7, 11) is 0. The number of esters is 1. The second-order valence-corrected chi connectivity index (χ2v) is 9.47. The molecule has 4 rings (SSSR count). The van der Waals surface area contributed by atoms with E-state index in [0.717, 1.165) is 5.56 Å². The van der Waals surface area contributed by atoms with E-state index in [4.69, 9.17) is 32.7 Å². The number of cyclic esters (lactones) is 1. The topological polar surface area (TPSA) is 91.0 Å². The molecule has 0 aromatic heterocycles. The highest BCUT2D eigenvalue weighted by atomic mass is 79.9. The lowest BCUT2D eigenvalue weighted by Crippen LogP contribution is -2.06. The van der Waals surface area contributed by atoms with Gasteiger partial charge in [-0.05, 0) is 67.8 Å². The van der Waals surface area contributed by atoms with E-state index in [-0.39, 0.29) is 34.5 Å². The van der Waals surface area contributed by atoms with Gasteiger partial charge in [0.1, 0.15) is 12.4 Å². The van der Waals surface area contributed by atoms with Crippen molar-refractivity contribution in [3.05, 3.63) is 106 Å². The van der Waals surface area contributed by atoms with Crippen LogP contribution in [-0.2, 0) is 16.1 Å². The van der Waals surface area contributed by atoms with Crippen molar-refractivity contribution in [2.24, 2.45) is 4.99 Å². The Hall–Kier alpha value is -2.72. The van der Waals surface area contributed by atoms with Gasteiger partial charge < -0.3 is 9.47 Å². The average molecular weight is 627 g/mol. The molecule has 1 aliphatic heterocycles. The minimum Gasteiger partial charge on any atom is -0.486 e. The van der Waals surface area contributed by atoms with Crippen LogP contribution < -0.4 is 4.74 Å². The molecular weight excluding hydrogens is 615 g/mol. The molecule has 7 nitrogen and oxygen atoms in total. The molecule has 0 bridgehead atoms. The third kappa shape index (κ3) is 5.33. The molecule has 0 spiro atoms. The summed E-state index contributed by atoms with van der Waals surface area (Å²) in [5.74, 6) is -0.136. The predicted molar refractivity (Wildman–Crippen MR) is 136 cm³/mol. The zero-order chi connectivity index (χ0) is 24.4. The maximum Gasteiger partial charge on any atom is 0.363 e. The van der Waals surface area contributed by atoms with Crippen LogP contribution in [0.4, 0.5) is 5.69 Å². The molecule has 0 amide bonds. The summed E-state index contributed by atoms with van der Waals surface area (Å²) in [6.45, 7) is 0.271. The Bertz CT molecular complexity index is 1370. The largest absolute Gasteiger partial charge is 0.486 e. The molecule has 0 saturated heterocycles. The fourth-order valence-electron chi connectivity index (χ4n) is 3.04. The summed E-state index contributed by atoms with van der Waals surface area (Å²) in [5.41, 5.74) is 1.63. The summed E-state index contributed by atoms with van der Waals surface area (Å²) in [6, 6.07) is 14.7. The molecule has 0 atom stereocenters. The van der Waals surface area contributed by atoms with E-state index >= 15 is 0 Å². The lowest BCUT2D eigenvalue weighted by atomic mass is 10.2. The summed E-state index contributed by atoms with van der Waals surface area (Å²) in [4.78, 5) is 26.9. The zero-order valence-electron chi connectivity index (χ0n) is 16.9. The predicted octanol–water partition coefficient (Wildman–Crippen LogP) is 7.35. The highest BCUT2D eigenvalue weighted by Crippen LogP contribution is 2.37. The second kappa shape index (κ2) is 10.3. The second-order valence-electron chi connectivity index (χ2n) is 6.95. The van der Waals surface area contributed by atoms with E-state index < -0.39 is 10.9 Å². The summed E-state index contributed by atoms with van der Waals surface area (Å²) in [6.07, 6.45) is 1.54. The first-order valence-corrected chi connectivity index (χ1v) is 11.9. The number of hydrogen-bond donors (Lipinski definition) is 0. The van der Waals surface area contributed by atoms with Crippen LogP contribution in [-0.4, -0.2) is 16.8 Å². The van der Waals surface area contributed by atoms with Crippen LogP contribution in [0.1, 0.15) is 16.7 Å². The number of ether oxygens (including phenoxy) is 2. The van der Waals surface area contributed by atoms with Crippen LogP contribution >= 0.6 is 55.1 Å². The quantitative estimate of drug-likeness (QED) is 0.123. The molecule has 1 heterocycles. The van der Waals surface area contributed by atoms with Crippen molar-refractivity contribution in [1.82, 2.24) is 0 Å². The first-order chi connectivity index (χ1) is 16.2. The third-order valence-electron chi connectivity index (χ3n) is 4.67. The zero-order valence-corrected chi connectivity index (χ0v) is 21.6. The van der Waals surface area contributed by atoms with Gasteiger partial charge in [-0.2, -0.15) is 0 Å². The standard InChI is InChI=1S/C23H12Br2Cl2N2O5/c24-16-7-12(8-17(25)21(16)33-11-13-3-1-2-4-18(13)26)9-20-23(30)34-22(28-20)15-6-5-14(29(31)32)10-19(15)27/h1-10H,11H2/b20-9-. The fourth-order valence-corrected chi connectivity index (χ4v) is 4.94. The number of aliphatic imine (C=N–C) groups is 1. The van der Waals surface area contributed by atoms with Gasteiger partial charge in [0.2, 0.25) is 5.90 Å². The lowest BCUT2D eigenvalue weighted by molar-refractivity contribution is -0.384. The maximum absolute atomic E-state index is 12.4. The number of rotatable bonds is 6. The molecule has 0 unspecified atom stereocenters. The van der Waals surface area contributed by atoms with E-state index in [1.54, 1.807) is 24.3 Å². The van der Waals surface area contributed by atoms with E-state index in [2.05, 4.69) is 36.9 Å². The highest BCUT2D eigenvalue weighted by molar-refractivity contribution is 9.11. The number of nitrogens with zero attached hydrogens (tertiary/aromatic N) is 2. The summed E-state index contributed by atoms with van der Waals surface area (Å²) >= 11 is 19.3. The SMILES string of the molecule is O=C1OC(c2ccc([N+](=O)[O-])cc2Cl)=N/C1=C\c1cc(Br)c(OCc2ccccc2Cl)c(Br)c1. The first kappa shape index (κ1) is 24.4. The normalized spacial score (nSPS) is 14.2. The third-order valence-corrected chi connectivity index (χ3v) is 6.53. The van der Waals surface area contributed by atoms with Gasteiger partial charge >= 0.3 is 5.97 Å². The number of carbonyl (C=O) groups excluding carboxylic acids is 1. The van der Waals surface area contributed by atoms with Crippen molar-refractivity contribution in [1.29, 1.82) is 0 Å². The number of hydrogen-bond acceptors (Lipinski definition) is 6. The molecule has 11 heteroatoms. The van der Waals surface area contributed by atoms with Crippen LogP contribution in [0.15, 0.2) is 74.2 Å². The van der Waals surface area contributed by atoms with Crippen LogP contribution in [0.3, 0.4) is 0 Å². The molecule has 0 radical (unpaired) electrons. The molecule has 0 saturated carbocycles. The molecule has 1 aliphatic rings. The van der Waals surface area contributed by atoms with E-state index in [1.165, 1.54) is 18.2 Å². The van der Waals surface area contributed by atoms with Crippen molar-refractivity contribution in [2.45, 2.75) is 6.61 Å². The minimum atomic E-state index is -0.671. The van der Waals surface area contributed by atoms with Gasteiger partial charge in [0.25, 0.3) is 5.69 Å². The van der Waals surface area contributed by atoms with Gasteiger partial charge in [0.05, 0.1) is 24.5 Å². The fraction of sp³-hybridized carbons (Fsp3) is 0.0435. The number of nitro benzene ring substituents is 1. The van der Waals surface area contributed by atoms with Gasteiger partial charge in [0.15, 0.2) is 5.70 Å². The van der Waals surface area contributed by atoms with Gasteiger partial charge in [-0.25, -0.2) is 9.79 Å². The van der Waals surface area contributed by atoms with Gasteiger partial charge in [0, 0.05) is 22.7 Å². The number of nitro groups is 1. The monoisotopic (exact) mass is 624 g/mol. The molecule has 0 aliphatic carbocycles. The van der Waals surface area contributed by atoms with Crippen molar-refractivity contribution >= 4 is 78.7 Å². The van der Waals surface area contributed by atoms with Crippen LogP contribution in [0.2, 0.25) is 10.0 Å². The number of halogens is 4. The summed E-state index contributed by atoms with van der Waals surface area (Å²) < 4.78 is 12.4. The Balaban J connectivity index is 1.58. The van der Waals surface area contributed by atoms with Crippen molar-refractivity contribution in [2.75, 3.05) is 0 Å². The maximum atomic E-state index is 12.4. The Morgan fingerprint density at radius 3 is 2.41 bits per heavy atom. The number of carbonyl (C=O) groups is 1.